The largest absolute Gasteiger partial charge is 0.374 e. The first-order valence-corrected chi connectivity index (χ1v) is 15.7. The number of halogens is 1. The minimum atomic E-state index is -3.90. The molecule has 1 saturated heterocycles. The molecule has 1 aliphatic rings. The summed E-state index contributed by atoms with van der Waals surface area (Å²) in [6.07, 6.45) is -2.22. The zero-order valence-corrected chi connectivity index (χ0v) is 24.6. The molecule has 0 unspecified atom stereocenters. The average Bonchev–Trinajstić information content (AvgIpc) is 3.01. The molecule has 1 fully saturated rings. The first-order valence-electron chi connectivity index (χ1n) is 13.8. The van der Waals surface area contributed by atoms with Crippen molar-refractivity contribution in [3.63, 3.8) is 0 Å². The van der Waals surface area contributed by atoms with Crippen LogP contribution in [0.1, 0.15) is 23.1 Å². The van der Waals surface area contributed by atoms with Crippen LogP contribution in [0, 0.1) is 0 Å². The molecule has 42 heavy (non-hydrogen) atoms. The molecule has 0 spiro atoms. The van der Waals surface area contributed by atoms with Gasteiger partial charge in [0.05, 0.1) is 37.4 Å². The molecule has 0 saturated carbocycles. The van der Waals surface area contributed by atoms with Gasteiger partial charge in [-0.3, -0.25) is 0 Å². The van der Waals surface area contributed by atoms with Crippen molar-refractivity contribution in [3.05, 3.63) is 137 Å². The summed E-state index contributed by atoms with van der Waals surface area (Å²) in [5.74, 6) is 0. The molecule has 0 radical (unpaired) electrons. The fourth-order valence-corrected chi connectivity index (χ4v) is 6.04. The lowest BCUT2D eigenvalue weighted by molar-refractivity contribution is -0.222. The van der Waals surface area contributed by atoms with Gasteiger partial charge in [0.25, 0.3) is 0 Å². The Morgan fingerprint density at radius 2 is 1.24 bits per heavy atom. The Balaban J connectivity index is 1.36. The Bertz CT molecular complexity index is 1470. The van der Waals surface area contributed by atoms with E-state index in [9.17, 15) is 8.42 Å². The summed E-state index contributed by atoms with van der Waals surface area (Å²) in [7, 11) is -3.90. The Hall–Kier alpha value is -3.08. The normalized spacial score (nSPS) is 20.8. The molecule has 0 amide bonds. The highest BCUT2D eigenvalue weighted by molar-refractivity contribution is 7.89. The van der Waals surface area contributed by atoms with Gasteiger partial charge in [0.1, 0.15) is 18.4 Å². The molecule has 4 aromatic rings. The third kappa shape index (κ3) is 8.72. The van der Waals surface area contributed by atoms with Crippen molar-refractivity contribution in [1.82, 2.24) is 4.72 Å². The average molecular weight is 608 g/mol. The van der Waals surface area contributed by atoms with Crippen LogP contribution < -0.4 is 4.72 Å². The molecule has 0 aliphatic carbocycles. The second-order valence-corrected chi connectivity index (χ2v) is 12.2. The Morgan fingerprint density at radius 3 is 1.81 bits per heavy atom. The van der Waals surface area contributed by atoms with Crippen molar-refractivity contribution in [2.45, 2.75) is 55.7 Å². The number of nitrogens with one attached hydrogen (secondary N) is 1. The van der Waals surface area contributed by atoms with Crippen molar-refractivity contribution in [1.29, 1.82) is 0 Å². The van der Waals surface area contributed by atoms with Crippen LogP contribution in [0.15, 0.2) is 120 Å². The summed E-state index contributed by atoms with van der Waals surface area (Å²) in [5, 5.41) is 0.450. The monoisotopic (exact) mass is 607 g/mol. The Kier molecular flexibility index (Phi) is 10.8. The lowest BCUT2D eigenvalue weighted by Gasteiger charge is -2.41. The molecular weight excluding hydrogens is 574 g/mol. The van der Waals surface area contributed by atoms with Crippen LogP contribution in [0.3, 0.4) is 0 Å². The summed E-state index contributed by atoms with van der Waals surface area (Å²) in [5.41, 5.74) is 3.03. The van der Waals surface area contributed by atoms with E-state index in [2.05, 4.69) is 4.72 Å². The number of sulfonamides is 1. The smallest absolute Gasteiger partial charge is 0.242 e. The van der Waals surface area contributed by atoms with Gasteiger partial charge in [0.15, 0.2) is 0 Å². The highest BCUT2D eigenvalue weighted by Gasteiger charge is 2.42. The van der Waals surface area contributed by atoms with Gasteiger partial charge in [-0.2, -0.15) is 4.72 Å². The molecule has 9 heteroatoms. The van der Waals surface area contributed by atoms with Gasteiger partial charge in [0, 0.05) is 11.4 Å². The van der Waals surface area contributed by atoms with Crippen LogP contribution in [0.4, 0.5) is 0 Å². The molecule has 0 bridgehead atoms. The van der Waals surface area contributed by atoms with Gasteiger partial charge < -0.3 is 18.9 Å². The van der Waals surface area contributed by atoms with Crippen molar-refractivity contribution < 1.29 is 27.4 Å². The maximum atomic E-state index is 13.3. The summed E-state index contributed by atoms with van der Waals surface area (Å²) < 4.78 is 54.5. The maximum absolute atomic E-state index is 13.3. The Morgan fingerprint density at radius 1 is 0.714 bits per heavy atom. The molecule has 1 heterocycles. The van der Waals surface area contributed by atoms with E-state index in [0.717, 1.165) is 16.7 Å². The lowest BCUT2D eigenvalue weighted by Crippen LogP contribution is -2.56. The van der Waals surface area contributed by atoms with Crippen molar-refractivity contribution in [3.8, 4) is 0 Å². The van der Waals surface area contributed by atoms with E-state index in [1.54, 1.807) is 0 Å². The predicted octanol–water partition coefficient (Wildman–Crippen LogP) is 6.12. The van der Waals surface area contributed by atoms with E-state index in [1.165, 1.54) is 24.3 Å². The van der Waals surface area contributed by atoms with Crippen LogP contribution in [-0.2, 0) is 48.8 Å². The summed E-state index contributed by atoms with van der Waals surface area (Å²) in [4.78, 5) is 0.0941. The van der Waals surface area contributed by atoms with Crippen LogP contribution in [0.5, 0.6) is 0 Å². The molecule has 220 valence electrons. The number of hydrogen-bond donors (Lipinski definition) is 1. The number of benzene rings is 4. The van der Waals surface area contributed by atoms with Crippen LogP contribution in [0.2, 0.25) is 5.02 Å². The van der Waals surface area contributed by atoms with Gasteiger partial charge in [-0.1, -0.05) is 103 Å². The quantitative estimate of drug-likeness (QED) is 0.197. The van der Waals surface area contributed by atoms with E-state index >= 15 is 0 Å². The van der Waals surface area contributed by atoms with Crippen molar-refractivity contribution >= 4 is 21.6 Å². The molecule has 4 atom stereocenters. The third-order valence-corrected chi connectivity index (χ3v) is 8.63. The Labute approximate surface area is 252 Å². The second kappa shape index (κ2) is 14.9. The molecule has 0 aromatic heterocycles. The summed E-state index contributed by atoms with van der Waals surface area (Å²) in [6.45, 7) is 1.24. The van der Waals surface area contributed by atoms with Gasteiger partial charge >= 0.3 is 0 Å². The minimum absolute atomic E-state index is 0.0941. The molecular formula is C33H34ClNO6S. The standard InChI is InChI=1S/C33H34ClNO6S/c34-28-16-18-29(19-17-28)42(36,37)35-32-20-30(39-22-26-12-6-2-7-13-26)33(40-23-27-14-8-3-9-15-27)31(41-32)24-38-21-25-10-4-1-5-11-25/h1-19,30-33,35H,20-24H2/t30-,31-,32-,33-/m1/s1. The molecule has 7 nitrogen and oxygen atoms in total. The fourth-order valence-electron chi connectivity index (χ4n) is 4.78. The SMILES string of the molecule is O=S(=O)(N[C@H]1C[C@@H](OCc2ccccc2)[C@@H](OCc2ccccc2)[C@@H](COCc2ccccc2)O1)c1ccc(Cl)cc1. The summed E-state index contributed by atoms with van der Waals surface area (Å²) in [6, 6.07) is 35.5. The highest BCUT2D eigenvalue weighted by Crippen LogP contribution is 2.28. The third-order valence-electron chi connectivity index (χ3n) is 6.91. The van der Waals surface area contributed by atoms with E-state index in [1.807, 2.05) is 91.0 Å². The van der Waals surface area contributed by atoms with Gasteiger partial charge in [0.2, 0.25) is 10.0 Å². The fraction of sp³-hybridized carbons (Fsp3) is 0.273. The lowest BCUT2D eigenvalue weighted by atomic mass is 10.00. The van der Waals surface area contributed by atoms with Gasteiger partial charge in [-0.05, 0) is 41.0 Å². The molecule has 4 aromatic carbocycles. The van der Waals surface area contributed by atoms with Crippen LogP contribution >= 0.6 is 11.6 Å². The van der Waals surface area contributed by atoms with Crippen molar-refractivity contribution in [2.75, 3.05) is 6.61 Å². The highest BCUT2D eigenvalue weighted by atomic mass is 35.5. The number of ether oxygens (including phenoxy) is 4. The van der Waals surface area contributed by atoms with Crippen molar-refractivity contribution in [2.24, 2.45) is 0 Å². The van der Waals surface area contributed by atoms with E-state index in [-0.39, 0.29) is 17.9 Å². The molecule has 1 aliphatic heterocycles. The number of rotatable bonds is 13. The maximum Gasteiger partial charge on any atom is 0.242 e. The van der Waals surface area contributed by atoms with E-state index < -0.39 is 34.6 Å². The van der Waals surface area contributed by atoms with Crippen LogP contribution in [-0.4, -0.2) is 39.6 Å². The van der Waals surface area contributed by atoms with Gasteiger partial charge in [-0.15, -0.1) is 0 Å². The summed E-state index contributed by atoms with van der Waals surface area (Å²) >= 11 is 5.98. The van der Waals surface area contributed by atoms with E-state index in [4.69, 9.17) is 30.5 Å². The molecule has 1 N–H and O–H groups in total. The second-order valence-electron chi connectivity index (χ2n) is 10.1. The minimum Gasteiger partial charge on any atom is -0.374 e. The first-order chi connectivity index (χ1) is 20.5. The first kappa shape index (κ1) is 30.4. The topological polar surface area (TPSA) is 83.1 Å². The predicted molar refractivity (Wildman–Crippen MR) is 161 cm³/mol. The zero-order valence-electron chi connectivity index (χ0n) is 23.1. The zero-order chi connectivity index (χ0) is 29.2. The van der Waals surface area contributed by atoms with Crippen LogP contribution in [0.25, 0.3) is 0 Å². The molecule has 5 rings (SSSR count). The van der Waals surface area contributed by atoms with E-state index in [0.29, 0.717) is 24.8 Å². The number of hydrogen-bond acceptors (Lipinski definition) is 6. The van der Waals surface area contributed by atoms with Gasteiger partial charge in [-0.25, -0.2) is 8.42 Å².